The van der Waals surface area contributed by atoms with E-state index in [4.69, 9.17) is 11.6 Å². The fraction of sp³-hybridized carbons (Fsp3) is 0.300. The lowest BCUT2D eigenvalue weighted by Gasteiger charge is -2.15. The van der Waals surface area contributed by atoms with E-state index in [1.807, 2.05) is 0 Å². The molecule has 0 aromatic carbocycles. The molecule has 11 heteroatoms. The molecule has 0 spiro atoms. The normalized spacial score (nSPS) is 11.5. The van der Waals surface area contributed by atoms with Gasteiger partial charge in [-0.05, 0) is 12.1 Å². The minimum Gasteiger partial charge on any atom is -0.322 e. The van der Waals surface area contributed by atoms with Gasteiger partial charge in [-0.25, -0.2) is 4.79 Å². The number of hydrogen-bond donors (Lipinski definition) is 1. The minimum atomic E-state index is -4.57. The van der Waals surface area contributed by atoms with Crippen LogP contribution in [-0.2, 0) is 12.7 Å². The number of halogens is 4. The predicted molar refractivity (Wildman–Crippen MR) is 74.7 cm³/mol. The molecule has 0 bridgehead atoms. The van der Waals surface area contributed by atoms with Crippen LogP contribution >= 0.6 is 34.3 Å². The molecule has 0 fully saturated rings. The summed E-state index contributed by atoms with van der Waals surface area (Å²) in [6.07, 6.45) is -4.57. The van der Waals surface area contributed by atoms with Crippen molar-refractivity contribution in [2.24, 2.45) is 0 Å². The zero-order valence-electron chi connectivity index (χ0n) is 10.4. The Morgan fingerprint density at radius 2 is 2.10 bits per heavy atom. The molecule has 0 aliphatic heterocycles. The van der Waals surface area contributed by atoms with Crippen molar-refractivity contribution in [3.8, 4) is 0 Å². The SMILES string of the molecule is CN(Cc1ccc(Cl)s1)C(=O)Nc1nnc(C(F)(F)F)s1. The van der Waals surface area contributed by atoms with Crippen molar-refractivity contribution in [2.45, 2.75) is 12.7 Å². The molecule has 114 valence electrons. The van der Waals surface area contributed by atoms with E-state index in [9.17, 15) is 18.0 Å². The highest BCUT2D eigenvalue weighted by Crippen LogP contribution is 2.33. The summed E-state index contributed by atoms with van der Waals surface area (Å²) in [5.41, 5.74) is 0. The number of hydrogen-bond acceptors (Lipinski definition) is 5. The Balaban J connectivity index is 1.96. The highest BCUT2D eigenvalue weighted by Gasteiger charge is 2.35. The van der Waals surface area contributed by atoms with E-state index in [2.05, 4.69) is 15.5 Å². The van der Waals surface area contributed by atoms with Crippen LogP contribution in [0.5, 0.6) is 0 Å². The van der Waals surface area contributed by atoms with Crippen LogP contribution in [0.2, 0.25) is 4.34 Å². The summed E-state index contributed by atoms with van der Waals surface area (Å²) in [6, 6.07) is 2.89. The number of carbonyl (C=O) groups excluding carboxylic acids is 1. The lowest BCUT2D eigenvalue weighted by Crippen LogP contribution is -2.30. The van der Waals surface area contributed by atoms with E-state index in [1.165, 1.54) is 23.3 Å². The molecule has 0 unspecified atom stereocenters. The number of aromatic nitrogens is 2. The molecule has 2 heterocycles. The van der Waals surface area contributed by atoms with Gasteiger partial charge in [0.05, 0.1) is 10.9 Å². The van der Waals surface area contributed by atoms with Crippen LogP contribution in [-0.4, -0.2) is 28.2 Å². The average Bonchev–Trinajstić information content (AvgIpc) is 2.98. The highest BCUT2D eigenvalue weighted by molar-refractivity contribution is 7.16. The maximum Gasteiger partial charge on any atom is 0.445 e. The first-order chi connectivity index (χ1) is 9.75. The summed E-state index contributed by atoms with van der Waals surface area (Å²) in [7, 11) is 1.51. The molecule has 0 saturated heterocycles. The van der Waals surface area contributed by atoms with Crippen molar-refractivity contribution in [1.29, 1.82) is 0 Å². The van der Waals surface area contributed by atoms with Crippen LogP contribution < -0.4 is 5.32 Å². The Labute approximate surface area is 130 Å². The summed E-state index contributed by atoms with van der Waals surface area (Å²) in [4.78, 5) is 14.0. The number of amides is 2. The standard InChI is InChI=1S/C10H8ClF3N4OS2/c1-18(4-5-2-3-6(11)20-5)9(19)15-8-17-16-7(21-8)10(12,13)14/h2-3H,4H2,1H3,(H,15,17,19). The van der Waals surface area contributed by atoms with Crippen LogP contribution in [0.15, 0.2) is 12.1 Å². The monoisotopic (exact) mass is 356 g/mol. The molecule has 1 N–H and O–H groups in total. The van der Waals surface area contributed by atoms with Crippen molar-refractivity contribution >= 4 is 45.4 Å². The van der Waals surface area contributed by atoms with Gasteiger partial charge in [-0.15, -0.1) is 21.5 Å². The zero-order chi connectivity index (χ0) is 15.6. The highest BCUT2D eigenvalue weighted by atomic mass is 35.5. The molecule has 2 rings (SSSR count). The van der Waals surface area contributed by atoms with Gasteiger partial charge in [-0.2, -0.15) is 13.2 Å². The molecule has 2 aromatic rings. The maximum absolute atomic E-state index is 12.4. The third kappa shape index (κ3) is 4.29. The fourth-order valence-electron chi connectivity index (χ4n) is 1.32. The molecule has 2 amide bonds. The van der Waals surface area contributed by atoms with E-state index in [1.54, 1.807) is 12.1 Å². The first-order valence-electron chi connectivity index (χ1n) is 5.43. The Morgan fingerprint density at radius 3 is 2.62 bits per heavy atom. The first kappa shape index (κ1) is 16.0. The van der Waals surface area contributed by atoms with Crippen molar-refractivity contribution in [3.05, 3.63) is 26.4 Å². The first-order valence-corrected chi connectivity index (χ1v) is 7.44. The zero-order valence-corrected chi connectivity index (χ0v) is 12.8. The van der Waals surface area contributed by atoms with Crippen LogP contribution in [0.3, 0.4) is 0 Å². The number of nitrogens with zero attached hydrogens (tertiary/aromatic N) is 3. The number of rotatable bonds is 3. The molecular weight excluding hydrogens is 349 g/mol. The summed E-state index contributed by atoms with van der Waals surface area (Å²) in [5, 5.41) is 7.22. The van der Waals surface area contributed by atoms with Gasteiger partial charge in [0.1, 0.15) is 0 Å². The smallest absolute Gasteiger partial charge is 0.322 e. The topological polar surface area (TPSA) is 58.1 Å². The van der Waals surface area contributed by atoms with Crippen molar-refractivity contribution in [2.75, 3.05) is 12.4 Å². The average molecular weight is 357 g/mol. The van der Waals surface area contributed by atoms with E-state index >= 15 is 0 Å². The lowest BCUT2D eigenvalue weighted by atomic mass is 10.4. The molecule has 0 aliphatic rings. The summed E-state index contributed by atoms with van der Waals surface area (Å²) < 4.78 is 37.7. The number of carbonyl (C=O) groups is 1. The van der Waals surface area contributed by atoms with Gasteiger partial charge in [-0.3, -0.25) is 5.32 Å². The Morgan fingerprint density at radius 1 is 1.38 bits per heavy atom. The Kier molecular flexibility index (Phi) is 4.69. The second-order valence-corrected chi connectivity index (χ2v) is 6.68. The third-order valence-corrected chi connectivity index (χ3v) is 4.35. The number of anilines is 1. The van der Waals surface area contributed by atoms with Crippen LogP contribution in [0, 0.1) is 0 Å². The van der Waals surface area contributed by atoms with E-state index in [0.717, 1.165) is 4.88 Å². The Hall–Kier alpha value is -1.39. The van der Waals surface area contributed by atoms with Gasteiger partial charge in [-0.1, -0.05) is 22.9 Å². The molecule has 5 nitrogen and oxygen atoms in total. The molecule has 21 heavy (non-hydrogen) atoms. The number of alkyl halides is 3. The number of nitrogens with one attached hydrogen (secondary N) is 1. The van der Waals surface area contributed by atoms with Crippen LogP contribution in [0.4, 0.5) is 23.1 Å². The van der Waals surface area contributed by atoms with Crippen LogP contribution in [0.25, 0.3) is 0 Å². The molecule has 2 aromatic heterocycles. The Bertz CT molecular complexity index is 642. The third-order valence-electron chi connectivity index (χ3n) is 2.25. The summed E-state index contributed by atoms with van der Waals surface area (Å²) in [5.74, 6) is 0. The van der Waals surface area contributed by atoms with Gasteiger partial charge in [0, 0.05) is 11.9 Å². The van der Waals surface area contributed by atoms with E-state index < -0.39 is 17.2 Å². The van der Waals surface area contributed by atoms with Crippen molar-refractivity contribution in [1.82, 2.24) is 15.1 Å². The van der Waals surface area contributed by atoms with Gasteiger partial charge < -0.3 is 4.90 Å². The molecule has 0 saturated carbocycles. The fourth-order valence-corrected chi connectivity index (χ4v) is 3.06. The number of thiophene rings is 1. The van der Waals surface area contributed by atoms with Gasteiger partial charge in [0.2, 0.25) is 10.1 Å². The largest absolute Gasteiger partial charge is 0.445 e. The lowest BCUT2D eigenvalue weighted by molar-refractivity contribution is -0.138. The molecule has 0 atom stereocenters. The number of urea groups is 1. The van der Waals surface area contributed by atoms with Gasteiger partial charge >= 0.3 is 12.2 Å². The van der Waals surface area contributed by atoms with Crippen molar-refractivity contribution < 1.29 is 18.0 Å². The summed E-state index contributed by atoms with van der Waals surface area (Å²) in [6.45, 7) is 0.286. The van der Waals surface area contributed by atoms with E-state index in [0.29, 0.717) is 4.34 Å². The quantitative estimate of drug-likeness (QED) is 0.906. The molecule has 0 radical (unpaired) electrons. The second-order valence-electron chi connectivity index (χ2n) is 3.90. The minimum absolute atomic E-state index is 0.205. The van der Waals surface area contributed by atoms with Gasteiger partial charge in [0.15, 0.2) is 0 Å². The van der Waals surface area contributed by atoms with Crippen LogP contribution in [0.1, 0.15) is 9.88 Å². The maximum atomic E-state index is 12.4. The summed E-state index contributed by atoms with van der Waals surface area (Å²) >= 11 is 7.36. The second kappa shape index (κ2) is 6.16. The van der Waals surface area contributed by atoms with Crippen molar-refractivity contribution in [3.63, 3.8) is 0 Å². The van der Waals surface area contributed by atoms with Gasteiger partial charge in [0.25, 0.3) is 0 Å². The predicted octanol–water partition coefficient (Wildman–Crippen LogP) is 3.94. The molecule has 0 aliphatic carbocycles. The van der Waals surface area contributed by atoms with E-state index in [-0.39, 0.29) is 23.0 Å². The molecular formula is C10H8ClF3N4OS2.